The van der Waals surface area contributed by atoms with Crippen LogP contribution in [0.25, 0.3) is 22.2 Å². The summed E-state index contributed by atoms with van der Waals surface area (Å²) in [6.45, 7) is 3.67. The summed E-state index contributed by atoms with van der Waals surface area (Å²) < 4.78 is 5.29. The Hall–Kier alpha value is -3.15. The zero-order chi connectivity index (χ0) is 18.1. The van der Waals surface area contributed by atoms with Gasteiger partial charge in [0.25, 0.3) is 0 Å². The van der Waals surface area contributed by atoms with Gasteiger partial charge in [-0.05, 0) is 37.1 Å². The molecule has 0 unspecified atom stereocenters. The topological polar surface area (TPSA) is 89.4 Å². The largest absolute Gasteiger partial charge is 0.404 e. The first kappa shape index (κ1) is 16.7. The number of primary amides is 1. The number of nitrogens with zero attached hydrogens (tertiary/aromatic N) is 2. The van der Waals surface area contributed by atoms with Crippen molar-refractivity contribution in [2.24, 2.45) is 5.73 Å². The van der Waals surface area contributed by atoms with Crippen molar-refractivity contribution in [1.82, 2.24) is 4.98 Å². The van der Waals surface area contributed by atoms with Crippen LogP contribution in [0.15, 0.2) is 51.7 Å². The van der Waals surface area contributed by atoms with Crippen molar-refractivity contribution >= 4 is 22.8 Å². The Bertz CT molecular complexity index is 1010. The number of nitrogens with two attached hydrogens (primary N) is 1. The van der Waals surface area contributed by atoms with E-state index < -0.39 is 17.6 Å². The van der Waals surface area contributed by atoms with E-state index in [0.29, 0.717) is 5.82 Å². The number of anilines is 1. The molecule has 0 aliphatic heterocycles. The molecule has 0 aliphatic rings. The molecule has 1 atom stereocenters. The highest BCUT2D eigenvalue weighted by Gasteiger charge is 2.18. The van der Waals surface area contributed by atoms with Gasteiger partial charge in [-0.2, -0.15) is 4.98 Å². The molecule has 6 heteroatoms. The summed E-state index contributed by atoms with van der Waals surface area (Å²) in [5, 5.41) is 0.734. The molecule has 2 aromatic heterocycles. The van der Waals surface area contributed by atoms with Gasteiger partial charge in [-0.3, -0.25) is 4.79 Å². The Morgan fingerprint density at radius 1 is 1.20 bits per heavy atom. The smallest absolute Gasteiger partial charge is 0.338 e. The van der Waals surface area contributed by atoms with Crippen LogP contribution in [0.1, 0.15) is 12.5 Å². The number of carbonyl (C=O) groups is 1. The molecule has 0 bridgehead atoms. The maximum Gasteiger partial charge on any atom is 0.338 e. The maximum atomic E-state index is 12.0. The van der Waals surface area contributed by atoms with Crippen molar-refractivity contribution in [3.05, 3.63) is 58.4 Å². The van der Waals surface area contributed by atoms with Gasteiger partial charge in [0, 0.05) is 24.1 Å². The fourth-order valence-electron chi connectivity index (χ4n) is 2.72. The third kappa shape index (κ3) is 3.10. The Kier molecular flexibility index (Phi) is 4.27. The van der Waals surface area contributed by atoms with E-state index in [1.54, 1.807) is 24.9 Å². The second-order valence-corrected chi connectivity index (χ2v) is 6.01. The molecule has 0 spiro atoms. The number of aromatic nitrogens is 1. The number of carbonyl (C=O) groups excluding carboxylic acids is 1. The Morgan fingerprint density at radius 2 is 1.92 bits per heavy atom. The van der Waals surface area contributed by atoms with Gasteiger partial charge in [-0.25, -0.2) is 4.79 Å². The van der Waals surface area contributed by atoms with Crippen molar-refractivity contribution in [3.8, 4) is 11.1 Å². The van der Waals surface area contributed by atoms with E-state index in [1.807, 2.05) is 37.3 Å². The standard InChI is InChI=1S/C19H19N3O3/c1-11-6-4-5-7-13(11)15-10-17(23)25-19-14(15)8-9-16(21-19)22(3)12(2)18(20)24/h4-10,12H,1-3H3,(H2,20,24)/t12-/m1/s1. The highest BCUT2D eigenvalue weighted by Crippen LogP contribution is 2.30. The molecule has 0 fully saturated rings. The number of benzene rings is 1. The second kappa shape index (κ2) is 6.39. The third-order valence-electron chi connectivity index (χ3n) is 4.38. The maximum absolute atomic E-state index is 12.0. The lowest BCUT2D eigenvalue weighted by Gasteiger charge is -2.23. The van der Waals surface area contributed by atoms with E-state index in [9.17, 15) is 9.59 Å². The molecule has 0 saturated carbocycles. The van der Waals surface area contributed by atoms with E-state index in [4.69, 9.17) is 10.2 Å². The first-order chi connectivity index (χ1) is 11.9. The van der Waals surface area contributed by atoms with Crippen LogP contribution in [-0.4, -0.2) is 24.0 Å². The molecule has 1 aromatic carbocycles. The highest BCUT2D eigenvalue weighted by atomic mass is 16.4. The third-order valence-corrected chi connectivity index (χ3v) is 4.38. The molecule has 128 valence electrons. The predicted molar refractivity (Wildman–Crippen MR) is 97.5 cm³/mol. The monoisotopic (exact) mass is 337 g/mol. The lowest BCUT2D eigenvalue weighted by molar-refractivity contribution is -0.118. The summed E-state index contributed by atoms with van der Waals surface area (Å²) >= 11 is 0. The minimum absolute atomic E-state index is 0.228. The van der Waals surface area contributed by atoms with E-state index >= 15 is 0 Å². The van der Waals surface area contributed by atoms with Crippen LogP contribution in [0, 0.1) is 6.92 Å². The van der Waals surface area contributed by atoms with Crippen LogP contribution in [0.2, 0.25) is 0 Å². The summed E-state index contributed by atoms with van der Waals surface area (Å²) in [6.07, 6.45) is 0. The van der Waals surface area contributed by atoms with Crippen LogP contribution in [0.5, 0.6) is 0 Å². The lowest BCUT2D eigenvalue weighted by atomic mass is 9.99. The van der Waals surface area contributed by atoms with Crippen LogP contribution in [-0.2, 0) is 4.79 Å². The quantitative estimate of drug-likeness (QED) is 0.790. The van der Waals surface area contributed by atoms with Crippen molar-refractivity contribution in [1.29, 1.82) is 0 Å². The number of hydrogen-bond donors (Lipinski definition) is 1. The van der Waals surface area contributed by atoms with Gasteiger partial charge in [0.1, 0.15) is 11.9 Å². The summed E-state index contributed by atoms with van der Waals surface area (Å²) in [7, 11) is 1.72. The zero-order valence-corrected chi connectivity index (χ0v) is 14.3. The SMILES string of the molecule is Cc1ccccc1-c1cc(=O)oc2nc(N(C)[C@H](C)C(N)=O)ccc12. The highest BCUT2D eigenvalue weighted by molar-refractivity contribution is 5.93. The van der Waals surface area contributed by atoms with E-state index in [1.165, 1.54) is 6.07 Å². The molecule has 3 rings (SSSR count). The fraction of sp³-hybridized carbons (Fsp3) is 0.211. The first-order valence-corrected chi connectivity index (χ1v) is 7.91. The normalized spacial score (nSPS) is 12.1. The number of rotatable bonds is 4. The van der Waals surface area contributed by atoms with Crippen LogP contribution >= 0.6 is 0 Å². The van der Waals surface area contributed by atoms with Crippen molar-refractivity contribution in [2.75, 3.05) is 11.9 Å². The van der Waals surface area contributed by atoms with Gasteiger partial charge in [0.15, 0.2) is 0 Å². The summed E-state index contributed by atoms with van der Waals surface area (Å²) in [5.41, 5.74) is 7.88. The Balaban J connectivity index is 2.18. The molecule has 0 saturated heterocycles. The Morgan fingerprint density at radius 3 is 2.60 bits per heavy atom. The molecule has 6 nitrogen and oxygen atoms in total. The van der Waals surface area contributed by atoms with Crippen molar-refractivity contribution in [2.45, 2.75) is 19.9 Å². The van der Waals surface area contributed by atoms with Gasteiger partial charge < -0.3 is 15.1 Å². The molecule has 2 N–H and O–H groups in total. The number of hydrogen-bond acceptors (Lipinski definition) is 5. The minimum Gasteiger partial charge on any atom is -0.404 e. The summed E-state index contributed by atoms with van der Waals surface area (Å²) in [6, 6.07) is 12.4. The van der Waals surface area contributed by atoms with Gasteiger partial charge in [-0.15, -0.1) is 0 Å². The van der Waals surface area contributed by atoms with Crippen LogP contribution in [0.4, 0.5) is 5.82 Å². The first-order valence-electron chi connectivity index (χ1n) is 7.91. The van der Waals surface area contributed by atoms with Crippen LogP contribution in [0.3, 0.4) is 0 Å². The zero-order valence-electron chi connectivity index (χ0n) is 14.3. The molecular weight excluding hydrogens is 318 g/mol. The minimum atomic E-state index is -0.531. The van der Waals surface area contributed by atoms with E-state index in [0.717, 1.165) is 22.1 Å². The average Bonchev–Trinajstić information content (AvgIpc) is 2.59. The number of aryl methyl sites for hydroxylation is 1. The molecule has 0 radical (unpaired) electrons. The van der Waals surface area contributed by atoms with Gasteiger partial charge >= 0.3 is 5.63 Å². The van der Waals surface area contributed by atoms with E-state index in [-0.39, 0.29) is 5.71 Å². The predicted octanol–water partition coefficient (Wildman–Crippen LogP) is 2.47. The second-order valence-electron chi connectivity index (χ2n) is 6.01. The summed E-state index contributed by atoms with van der Waals surface area (Å²) in [5.74, 6) is 0.0448. The Labute approximate surface area is 144 Å². The van der Waals surface area contributed by atoms with Crippen molar-refractivity contribution in [3.63, 3.8) is 0 Å². The van der Waals surface area contributed by atoms with Gasteiger partial charge in [-0.1, -0.05) is 24.3 Å². The molecule has 0 aliphatic carbocycles. The van der Waals surface area contributed by atoms with E-state index in [2.05, 4.69) is 4.98 Å². The number of amides is 1. The fourth-order valence-corrected chi connectivity index (χ4v) is 2.72. The molecule has 2 heterocycles. The molecular formula is C19H19N3O3. The van der Waals surface area contributed by atoms with Crippen LogP contribution < -0.4 is 16.3 Å². The number of pyridine rings is 1. The number of likely N-dealkylation sites (N-methyl/N-ethyl adjacent to an activating group) is 1. The van der Waals surface area contributed by atoms with Gasteiger partial charge in [0.05, 0.1) is 0 Å². The summed E-state index contributed by atoms with van der Waals surface area (Å²) in [4.78, 5) is 29.5. The lowest BCUT2D eigenvalue weighted by Crippen LogP contribution is -2.40. The molecule has 1 amide bonds. The van der Waals surface area contributed by atoms with Crippen molar-refractivity contribution < 1.29 is 9.21 Å². The average molecular weight is 337 g/mol. The molecule has 3 aromatic rings. The number of fused-ring (bicyclic) bond motifs is 1. The van der Waals surface area contributed by atoms with Gasteiger partial charge in [0.2, 0.25) is 11.6 Å². The molecule has 25 heavy (non-hydrogen) atoms.